The van der Waals surface area contributed by atoms with Crippen molar-refractivity contribution in [3.8, 4) is 0 Å². The third kappa shape index (κ3) is 8.39. The molecule has 0 bridgehead atoms. The van der Waals surface area contributed by atoms with Gasteiger partial charge in [-0.05, 0) is 83.3 Å². The van der Waals surface area contributed by atoms with Gasteiger partial charge in [0, 0.05) is 59.2 Å². The first-order chi connectivity index (χ1) is 27.1. The van der Waals surface area contributed by atoms with Crippen LogP contribution in [0.5, 0.6) is 0 Å². The summed E-state index contributed by atoms with van der Waals surface area (Å²) in [7, 11) is -6.57. The van der Waals surface area contributed by atoms with Crippen LogP contribution in [0.3, 0.4) is 0 Å². The van der Waals surface area contributed by atoms with Gasteiger partial charge in [0.1, 0.15) is 16.9 Å². The van der Waals surface area contributed by atoms with E-state index in [-0.39, 0.29) is 54.4 Å². The van der Waals surface area contributed by atoms with Crippen molar-refractivity contribution < 1.29 is 50.8 Å². The van der Waals surface area contributed by atoms with Crippen LogP contribution in [0.25, 0.3) is 21.9 Å². The standard InChI is InChI=1S/C22H22N2O4S.C22H24N2O3S.Al.Li.4H/c1-22(15-7-5-8-16(11-15)23-29(2,26)27)17-12-24(13-18(17)22)21(25)20-10-14-6-3-4-9-19(14)28-20;1-22(16-7-5-8-17(11-16)23-28(2,25)26)19-13-24(14-20(19)22)12-18-10-15-6-3-4-9-21(15)27-18;;;;;;/h3-11,17-18,23H,12-13H2,1-2H3;3-11,19-20,23H,12-14H2,1-2H3;;;;;;/q;;;+1;;;;-1. The van der Waals surface area contributed by atoms with E-state index in [0.717, 1.165) is 59.2 Å². The Hall–Kier alpha value is -3.98. The van der Waals surface area contributed by atoms with E-state index in [2.05, 4.69) is 46.4 Å². The second-order valence-electron chi connectivity index (χ2n) is 16.7. The number of fused-ring (bicyclic) bond motifs is 4. The number of nitrogens with zero attached hydrogens (tertiary/aromatic N) is 2. The monoisotopic (exact) mass is 844 g/mol. The van der Waals surface area contributed by atoms with Crippen molar-refractivity contribution in [1.82, 2.24) is 9.80 Å². The molecular formula is C44H50AlLiN4O7S2. The average molecular weight is 845 g/mol. The largest absolute Gasteiger partial charge is 1.00 e. The zero-order chi connectivity index (χ0) is 39.9. The Morgan fingerprint density at radius 1 is 0.661 bits per heavy atom. The molecule has 59 heavy (non-hydrogen) atoms. The maximum atomic E-state index is 12.9. The molecule has 0 radical (unpaired) electrons. The molecule has 4 aliphatic rings. The van der Waals surface area contributed by atoms with Gasteiger partial charge in [-0.1, -0.05) is 74.5 Å². The first-order valence-corrected chi connectivity index (χ1v) is 23.0. The van der Waals surface area contributed by atoms with E-state index >= 15 is 0 Å². The topological polar surface area (TPSA) is 142 Å². The van der Waals surface area contributed by atoms with Gasteiger partial charge in [0.2, 0.25) is 20.0 Å². The van der Waals surface area contributed by atoms with Gasteiger partial charge in [-0.25, -0.2) is 16.8 Å². The average Bonchev–Trinajstić information content (AvgIpc) is 3.65. The van der Waals surface area contributed by atoms with E-state index in [1.807, 2.05) is 77.7 Å². The minimum Gasteiger partial charge on any atom is -1.00 e. The number of carbonyl (C=O) groups excluding carboxylic acids is 1. The fourth-order valence-electron chi connectivity index (χ4n) is 9.84. The van der Waals surface area contributed by atoms with Crippen LogP contribution in [0.15, 0.2) is 118 Å². The van der Waals surface area contributed by atoms with Gasteiger partial charge >= 0.3 is 18.9 Å². The number of rotatable bonds is 9. The Kier molecular flexibility index (Phi) is 11.6. The molecule has 15 heteroatoms. The molecule has 0 spiro atoms. The fourth-order valence-corrected chi connectivity index (χ4v) is 10.9. The normalized spacial score (nSPS) is 25.5. The van der Waals surface area contributed by atoms with Crippen LogP contribution in [-0.2, 0) is 37.4 Å². The molecule has 4 unspecified atom stereocenters. The van der Waals surface area contributed by atoms with Crippen molar-refractivity contribution in [3.05, 3.63) is 132 Å². The molecular weight excluding hydrogens is 795 g/mol. The number of anilines is 2. The van der Waals surface area contributed by atoms with Crippen LogP contribution in [0.2, 0.25) is 0 Å². The Morgan fingerprint density at radius 3 is 1.59 bits per heavy atom. The van der Waals surface area contributed by atoms with Crippen molar-refractivity contribution >= 4 is 76.6 Å². The number of nitrogens with one attached hydrogen (secondary N) is 2. The first kappa shape index (κ1) is 43.1. The molecule has 2 N–H and O–H groups in total. The number of sulfonamides is 2. The van der Waals surface area contributed by atoms with Crippen molar-refractivity contribution in [1.29, 1.82) is 0 Å². The summed E-state index contributed by atoms with van der Waals surface area (Å²) in [4.78, 5) is 17.2. The van der Waals surface area contributed by atoms with Crippen molar-refractivity contribution in [2.24, 2.45) is 23.7 Å². The Balaban J connectivity index is 0.000000192. The number of furan rings is 2. The zero-order valence-corrected chi connectivity index (χ0v) is 34.9. The summed E-state index contributed by atoms with van der Waals surface area (Å²) in [5.41, 5.74) is 5.30. The number of carbonyl (C=O) groups is 1. The number of likely N-dealkylation sites (tertiary alicyclic amines) is 2. The SMILES string of the molecule is CC1(c2cccc(NS(C)(=O)=O)c2)C2CN(C(=O)c3cc4ccccc4o3)CC21.CC1(c2cccc(NS(C)(=O)=O)c2)C2CN(Cc3cc4ccccc4o3)CC21.[AlH3].[H-].[Li+]. The predicted molar refractivity (Wildman–Crippen MR) is 233 cm³/mol. The third-order valence-corrected chi connectivity index (χ3v) is 14.1. The van der Waals surface area contributed by atoms with Gasteiger partial charge in [0.05, 0.1) is 19.1 Å². The van der Waals surface area contributed by atoms with E-state index in [4.69, 9.17) is 8.83 Å². The molecule has 4 fully saturated rings. The summed E-state index contributed by atoms with van der Waals surface area (Å²) in [6.45, 7) is 8.80. The summed E-state index contributed by atoms with van der Waals surface area (Å²) in [5, 5.41) is 2.09. The van der Waals surface area contributed by atoms with Crippen LogP contribution in [0.1, 0.15) is 42.7 Å². The number of para-hydroxylation sites is 2. The molecule has 4 heterocycles. The van der Waals surface area contributed by atoms with E-state index in [0.29, 0.717) is 53.9 Å². The van der Waals surface area contributed by atoms with Crippen LogP contribution < -0.4 is 28.3 Å². The molecule has 4 aromatic carbocycles. The molecule has 1 amide bonds. The second kappa shape index (κ2) is 15.8. The van der Waals surface area contributed by atoms with E-state index in [9.17, 15) is 21.6 Å². The van der Waals surface area contributed by atoms with Crippen LogP contribution in [-0.4, -0.2) is 88.6 Å². The first-order valence-electron chi connectivity index (χ1n) is 19.2. The zero-order valence-electron chi connectivity index (χ0n) is 34.3. The number of benzene rings is 4. The van der Waals surface area contributed by atoms with Crippen molar-refractivity contribution in [2.75, 3.05) is 48.1 Å². The summed E-state index contributed by atoms with van der Waals surface area (Å²) in [5.74, 6) is 3.27. The molecule has 2 aromatic heterocycles. The molecule has 11 nitrogen and oxygen atoms in total. The Bertz CT molecular complexity index is 2690. The van der Waals surface area contributed by atoms with Gasteiger partial charge in [0.15, 0.2) is 23.1 Å². The smallest absolute Gasteiger partial charge is 1.00 e. The molecule has 6 aromatic rings. The fraction of sp³-hybridized carbons (Fsp3) is 0.341. The number of hydrogen-bond donors (Lipinski definition) is 2. The molecule has 304 valence electrons. The van der Waals surface area contributed by atoms with Gasteiger partial charge < -0.3 is 15.2 Å². The van der Waals surface area contributed by atoms with Gasteiger partial charge in [-0.3, -0.25) is 19.1 Å². The van der Waals surface area contributed by atoms with Gasteiger partial charge in [-0.2, -0.15) is 0 Å². The summed E-state index contributed by atoms with van der Waals surface area (Å²) in [6.07, 6.45) is 2.33. The van der Waals surface area contributed by atoms with Crippen LogP contribution in [0, 0.1) is 23.7 Å². The minimum absolute atomic E-state index is 0. The maximum Gasteiger partial charge on any atom is 1.00 e. The summed E-state index contributed by atoms with van der Waals surface area (Å²) in [6, 6.07) is 35.1. The van der Waals surface area contributed by atoms with Gasteiger partial charge in [-0.15, -0.1) is 0 Å². The van der Waals surface area contributed by atoms with Crippen molar-refractivity contribution in [2.45, 2.75) is 31.2 Å². The molecule has 2 saturated heterocycles. The molecule has 2 aliphatic heterocycles. The number of hydrogen-bond acceptors (Lipinski definition) is 8. The van der Waals surface area contributed by atoms with Crippen LogP contribution >= 0.6 is 0 Å². The number of amides is 1. The third-order valence-electron chi connectivity index (χ3n) is 12.9. The quantitative estimate of drug-likeness (QED) is 0.212. The molecule has 2 saturated carbocycles. The van der Waals surface area contributed by atoms with E-state index in [1.54, 1.807) is 18.2 Å². The number of piperidine rings is 2. The molecule has 2 aliphatic carbocycles. The predicted octanol–water partition coefficient (Wildman–Crippen LogP) is 3.22. The minimum atomic E-state index is -3.31. The van der Waals surface area contributed by atoms with Gasteiger partial charge in [0.25, 0.3) is 5.91 Å². The Morgan fingerprint density at radius 2 is 1.12 bits per heavy atom. The second-order valence-corrected chi connectivity index (χ2v) is 20.2. The Labute approximate surface area is 369 Å². The van der Waals surface area contributed by atoms with Crippen LogP contribution in [0.4, 0.5) is 11.4 Å². The molecule has 10 rings (SSSR count). The maximum absolute atomic E-state index is 12.9. The van der Waals surface area contributed by atoms with E-state index in [1.165, 1.54) is 11.8 Å². The van der Waals surface area contributed by atoms with E-state index < -0.39 is 20.0 Å². The summed E-state index contributed by atoms with van der Waals surface area (Å²) >= 11 is 0. The molecule has 4 atom stereocenters. The van der Waals surface area contributed by atoms with Crippen molar-refractivity contribution in [3.63, 3.8) is 0 Å². The summed E-state index contributed by atoms with van der Waals surface area (Å²) < 4.78 is 62.9.